The topological polar surface area (TPSA) is 0 Å². The maximum Gasteiger partial charge on any atom is 0.419 e. The van der Waals surface area contributed by atoms with Crippen molar-refractivity contribution >= 4 is 10.8 Å². The highest BCUT2D eigenvalue weighted by molar-refractivity contribution is 5.88. The van der Waals surface area contributed by atoms with Crippen molar-refractivity contribution in [2.75, 3.05) is 0 Å². The molecule has 0 unspecified atom stereocenters. The molecule has 0 fully saturated rings. The minimum Gasteiger partial charge on any atom is -0.206 e. The van der Waals surface area contributed by atoms with Crippen molar-refractivity contribution in [3.05, 3.63) is 119 Å². The van der Waals surface area contributed by atoms with Gasteiger partial charge in [0.2, 0.25) is 0 Å². The molecule has 0 amide bonds. The molecular formula is C29H22F6. The molecule has 0 saturated heterocycles. The highest BCUT2D eigenvalue weighted by atomic mass is 19.4. The lowest BCUT2D eigenvalue weighted by Gasteiger charge is -2.11. The summed E-state index contributed by atoms with van der Waals surface area (Å²) in [5.74, 6) is -2.16. The van der Waals surface area contributed by atoms with Gasteiger partial charge >= 0.3 is 6.18 Å². The Balaban J connectivity index is 1.55. The van der Waals surface area contributed by atoms with E-state index in [2.05, 4.69) is 6.58 Å². The summed E-state index contributed by atoms with van der Waals surface area (Å²) in [5.41, 5.74) is 1.30. The fourth-order valence-electron chi connectivity index (χ4n) is 4.14. The van der Waals surface area contributed by atoms with Crippen LogP contribution in [0.5, 0.6) is 0 Å². The monoisotopic (exact) mass is 484 g/mol. The third-order valence-electron chi connectivity index (χ3n) is 6.04. The highest BCUT2D eigenvalue weighted by Crippen LogP contribution is 2.33. The molecule has 0 saturated carbocycles. The van der Waals surface area contributed by atoms with Crippen LogP contribution < -0.4 is 0 Å². The van der Waals surface area contributed by atoms with Crippen molar-refractivity contribution in [1.29, 1.82) is 0 Å². The standard InChI is InChI=1S/C29H22F6/c1-2-3-4-18-6-12-23(26(30)15-18)21-11-13-24-22(17-21)10-9-20(28(24)32)8-5-19-7-14-25(27(31)16-19)29(33,34)35/h2,6-7,9-17H,1,3-5,8H2. The molecule has 0 atom stereocenters. The first-order valence-electron chi connectivity index (χ1n) is 11.1. The zero-order valence-corrected chi connectivity index (χ0v) is 18.7. The fraction of sp³-hybridized carbons (Fsp3) is 0.172. The predicted molar refractivity (Wildman–Crippen MR) is 127 cm³/mol. The number of allylic oxidation sites excluding steroid dienone is 1. The molecule has 0 heterocycles. The molecule has 0 aromatic heterocycles. The van der Waals surface area contributed by atoms with Crippen LogP contribution in [0.1, 0.15) is 28.7 Å². The number of aryl methyl sites for hydroxylation is 3. The van der Waals surface area contributed by atoms with E-state index in [1.807, 2.05) is 6.07 Å². The number of benzene rings is 4. The van der Waals surface area contributed by atoms with E-state index < -0.39 is 23.4 Å². The third kappa shape index (κ3) is 5.42. The summed E-state index contributed by atoms with van der Waals surface area (Å²) in [6, 6.07) is 16.1. The highest BCUT2D eigenvalue weighted by Gasteiger charge is 2.33. The van der Waals surface area contributed by atoms with Gasteiger partial charge in [0.1, 0.15) is 17.5 Å². The molecular weight excluding hydrogens is 462 g/mol. The minimum absolute atomic E-state index is 0.180. The van der Waals surface area contributed by atoms with E-state index in [0.29, 0.717) is 45.5 Å². The Kier molecular flexibility index (Phi) is 7.01. The molecule has 0 bridgehead atoms. The Bertz CT molecular complexity index is 1380. The second kappa shape index (κ2) is 9.98. The number of fused-ring (bicyclic) bond motifs is 1. The molecule has 6 heteroatoms. The van der Waals surface area contributed by atoms with Gasteiger partial charge in [-0.1, -0.05) is 48.5 Å². The van der Waals surface area contributed by atoms with Crippen LogP contribution in [0, 0.1) is 17.5 Å². The summed E-state index contributed by atoms with van der Waals surface area (Å²) in [4.78, 5) is 0. The summed E-state index contributed by atoms with van der Waals surface area (Å²) in [6.07, 6.45) is -1.16. The van der Waals surface area contributed by atoms with Gasteiger partial charge in [0.15, 0.2) is 0 Å². The van der Waals surface area contributed by atoms with E-state index >= 15 is 4.39 Å². The fourth-order valence-corrected chi connectivity index (χ4v) is 4.14. The Morgan fingerprint density at radius 1 is 0.714 bits per heavy atom. The van der Waals surface area contributed by atoms with Crippen molar-refractivity contribution in [3.63, 3.8) is 0 Å². The first-order chi connectivity index (χ1) is 16.7. The lowest BCUT2D eigenvalue weighted by molar-refractivity contribution is -0.140. The van der Waals surface area contributed by atoms with Crippen molar-refractivity contribution in [2.45, 2.75) is 31.9 Å². The van der Waals surface area contributed by atoms with E-state index in [-0.39, 0.29) is 18.7 Å². The van der Waals surface area contributed by atoms with Gasteiger partial charge in [0.25, 0.3) is 0 Å². The lowest BCUT2D eigenvalue weighted by atomic mass is 9.96. The van der Waals surface area contributed by atoms with Crippen LogP contribution in [0.25, 0.3) is 21.9 Å². The molecule has 4 aromatic rings. The Morgan fingerprint density at radius 2 is 1.43 bits per heavy atom. The minimum atomic E-state index is -4.76. The van der Waals surface area contributed by atoms with Crippen molar-refractivity contribution in [2.24, 2.45) is 0 Å². The molecule has 0 aliphatic carbocycles. The second-order valence-corrected chi connectivity index (χ2v) is 8.43. The van der Waals surface area contributed by atoms with Crippen LogP contribution in [0.3, 0.4) is 0 Å². The van der Waals surface area contributed by atoms with Gasteiger partial charge < -0.3 is 0 Å². The van der Waals surface area contributed by atoms with E-state index in [4.69, 9.17) is 0 Å². The molecule has 4 aromatic carbocycles. The molecule has 0 radical (unpaired) electrons. The van der Waals surface area contributed by atoms with Crippen LogP contribution in [0.15, 0.2) is 79.4 Å². The first-order valence-corrected chi connectivity index (χ1v) is 11.1. The van der Waals surface area contributed by atoms with Gasteiger partial charge in [-0.2, -0.15) is 13.2 Å². The maximum absolute atomic E-state index is 15.2. The molecule has 0 spiro atoms. The molecule has 0 aliphatic heterocycles. The Labute approximate surface area is 199 Å². The summed E-state index contributed by atoms with van der Waals surface area (Å²) in [6.45, 7) is 3.67. The summed E-state index contributed by atoms with van der Waals surface area (Å²) in [7, 11) is 0. The molecule has 0 N–H and O–H groups in total. The van der Waals surface area contributed by atoms with Crippen LogP contribution >= 0.6 is 0 Å². The van der Waals surface area contributed by atoms with Gasteiger partial charge in [-0.25, -0.2) is 13.2 Å². The average molecular weight is 484 g/mol. The molecule has 180 valence electrons. The maximum atomic E-state index is 15.2. The smallest absolute Gasteiger partial charge is 0.206 e. The van der Waals surface area contributed by atoms with Crippen LogP contribution in [0.2, 0.25) is 0 Å². The second-order valence-electron chi connectivity index (χ2n) is 8.43. The summed E-state index contributed by atoms with van der Waals surface area (Å²) < 4.78 is 81.9. The van der Waals surface area contributed by atoms with Gasteiger partial charge in [0.05, 0.1) is 5.56 Å². The van der Waals surface area contributed by atoms with Crippen LogP contribution in [-0.2, 0) is 25.4 Å². The lowest BCUT2D eigenvalue weighted by Crippen LogP contribution is -2.08. The number of hydrogen-bond donors (Lipinski definition) is 0. The molecule has 0 aliphatic rings. The SMILES string of the molecule is C=CCCc1ccc(-c2ccc3c(F)c(CCc4ccc(C(F)(F)F)c(F)c4)ccc3c2)c(F)c1. The van der Waals surface area contributed by atoms with E-state index in [9.17, 15) is 22.0 Å². The van der Waals surface area contributed by atoms with Gasteiger partial charge in [0, 0.05) is 10.9 Å². The zero-order valence-electron chi connectivity index (χ0n) is 18.7. The molecule has 35 heavy (non-hydrogen) atoms. The van der Waals surface area contributed by atoms with E-state index in [1.165, 1.54) is 12.1 Å². The van der Waals surface area contributed by atoms with Gasteiger partial charge in [-0.3, -0.25) is 0 Å². The largest absolute Gasteiger partial charge is 0.419 e. The predicted octanol–water partition coefficient (Wildman–Crippen LogP) is 8.85. The number of rotatable bonds is 7. The quantitative estimate of drug-likeness (QED) is 0.182. The zero-order chi connectivity index (χ0) is 25.2. The number of halogens is 6. The van der Waals surface area contributed by atoms with Gasteiger partial charge in [-0.05, 0) is 77.6 Å². The summed E-state index contributed by atoms with van der Waals surface area (Å²) in [5, 5.41) is 0.951. The normalized spacial score (nSPS) is 11.7. The van der Waals surface area contributed by atoms with Crippen molar-refractivity contribution < 1.29 is 26.3 Å². The van der Waals surface area contributed by atoms with Crippen molar-refractivity contribution in [3.8, 4) is 11.1 Å². The molecule has 4 rings (SSSR count). The van der Waals surface area contributed by atoms with E-state index in [1.54, 1.807) is 42.5 Å². The van der Waals surface area contributed by atoms with Crippen LogP contribution in [0.4, 0.5) is 26.3 Å². The number of hydrogen-bond acceptors (Lipinski definition) is 0. The Hall–Kier alpha value is -3.54. The molecule has 0 nitrogen and oxygen atoms in total. The first kappa shape index (κ1) is 24.6. The van der Waals surface area contributed by atoms with E-state index in [0.717, 1.165) is 18.1 Å². The van der Waals surface area contributed by atoms with Crippen LogP contribution in [-0.4, -0.2) is 0 Å². The average Bonchev–Trinajstić information content (AvgIpc) is 2.81. The van der Waals surface area contributed by atoms with Crippen molar-refractivity contribution in [1.82, 2.24) is 0 Å². The number of alkyl halides is 3. The summed E-state index contributed by atoms with van der Waals surface area (Å²) >= 11 is 0. The Morgan fingerprint density at radius 3 is 2.11 bits per heavy atom. The van der Waals surface area contributed by atoms with Gasteiger partial charge in [-0.15, -0.1) is 6.58 Å². The third-order valence-corrected chi connectivity index (χ3v) is 6.04.